The van der Waals surface area contributed by atoms with Crippen LogP contribution in [0.4, 0.5) is 0 Å². The van der Waals surface area contributed by atoms with Gasteiger partial charge in [-0.15, -0.1) is 0 Å². The number of benzene rings is 1. The van der Waals surface area contributed by atoms with Crippen molar-refractivity contribution in [3.63, 3.8) is 0 Å². The lowest BCUT2D eigenvalue weighted by atomic mass is 10.2. The van der Waals surface area contributed by atoms with Gasteiger partial charge in [0, 0.05) is 0 Å². The largest absolute Gasteiger partial charge is 0.368 e. The van der Waals surface area contributed by atoms with Crippen molar-refractivity contribution in [3.8, 4) is 0 Å². The van der Waals surface area contributed by atoms with Gasteiger partial charge in [-0.1, -0.05) is 12.1 Å². The summed E-state index contributed by atoms with van der Waals surface area (Å²) in [7, 11) is 0. The molecule has 94 valence electrons. The average molecular weight is 246 g/mol. The molecule has 6 nitrogen and oxygen atoms in total. The molecule has 2 aromatic rings. The lowest BCUT2D eigenvalue weighted by Crippen LogP contribution is -2.42. The molecule has 0 saturated carbocycles. The molecular weight excluding hydrogens is 232 g/mol. The molecular formula is C12H14N4O2. The maximum Gasteiger partial charge on any atom is 0.272 e. The van der Waals surface area contributed by atoms with E-state index in [-0.39, 0.29) is 12.1 Å². The number of primary amides is 1. The summed E-state index contributed by atoms with van der Waals surface area (Å²) in [5, 5.41) is 0. The Hall–Kier alpha value is -2.21. The van der Waals surface area contributed by atoms with Gasteiger partial charge in [-0.3, -0.25) is 9.59 Å². The predicted molar refractivity (Wildman–Crippen MR) is 67.9 cm³/mol. The molecule has 0 radical (unpaired) electrons. The average Bonchev–Trinajstić information content (AvgIpc) is 2.34. The molecule has 0 saturated heterocycles. The van der Waals surface area contributed by atoms with E-state index >= 15 is 0 Å². The van der Waals surface area contributed by atoms with Gasteiger partial charge in [0.25, 0.3) is 5.56 Å². The van der Waals surface area contributed by atoms with Gasteiger partial charge in [0.1, 0.15) is 11.7 Å². The Morgan fingerprint density at radius 1 is 1.44 bits per heavy atom. The molecule has 1 aromatic carbocycles. The zero-order valence-electron chi connectivity index (χ0n) is 9.96. The fraction of sp³-hybridized carbons (Fsp3) is 0.250. The van der Waals surface area contributed by atoms with Gasteiger partial charge in [-0.05, 0) is 19.1 Å². The molecule has 18 heavy (non-hydrogen) atoms. The Morgan fingerprint density at radius 2 is 2.11 bits per heavy atom. The molecule has 0 aliphatic heterocycles. The molecule has 0 fully saturated rings. The van der Waals surface area contributed by atoms with Crippen molar-refractivity contribution in [1.82, 2.24) is 9.55 Å². The molecule has 0 aliphatic rings. The molecule has 1 aromatic heterocycles. The van der Waals surface area contributed by atoms with Crippen LogP contribution in [-0.4, -0.2) is 21.5 Å². The number of carbonyl (C=O) groups is 1. The van der Waals surface area contributed by atoms with Gasteiger partial charge in [0.05, 0.1) is 17.6 Å². The van der Waals surface area contributed by atoms with E-state index in [1.165, 1.54) is 4.57 Å². The van der Waals surface area contributed by atoms with Crippen LogP contribution in [0.3, 0.4) is 0 Å². The van der Waals surface area contributed by atoms with Crippen molar-refractivity contribution in [2.24, 2.45) is 11.5 Å². The number of aromatic nitrogens is 2. The smallest absolute Gasteiger partial charge is 0.272 e. The van der Waals surface area contributed by atoms with E-state index in [2.05, 4.69) is 4.98 Å². The second-order valence-corrected chi connectivity index (χ2v) is 4.11. The second-order valence-electron chi connectivity index (χ2n) is 4.11. The molecule has 4 N–H and O–H groups in total. The monoisotopic (exact) mass is 246 g/mol. The highest BCUT2D eigenvalue weighted by atomic mass is 16.1. The van der Waals surface area contributed by atoms with Crippen LogP contribution < -0.4 is 17.0 Å². The number of nitrogens with two attached hydrogens (primary N) is 2. The van der Waals surface area contributed by atoms with Gasteiger partial charge in [0.15, 0.2) is 0 Å². The Balaban J connectivity index is 2.64. The summed E-state index contributed by atoms with van der Waals surface area (Å²) in [4.78, 5) is 27.2. The number of para-hydroxylation sites is 2. The molecule has 1 amide bonds. The minimum atomic E-state index is -0.895. The highest BCUT2D eigenvalue weighted by Gasteiger charge is 2.14. The molecule has 0 bridgehead atoms. The summed E-state index contributed by atoms with van der Waals surface area (Å²) < 4.78 is 1.44. The molecule has 0 aliphatic carbocycles. The fourth-order valence-electron chi connectivity index (χ4n) is 1.79. The van der Waals surface area contributed by atoms with Crippen LogP contribution >= 0.6 is 0 Å². The van der Waals surface area contributed by atoms with Gasteiger partial charge < -0.3 is 16.0 Å². The first-order chi connectivity index (χ1) is 8.50. The summed E-state index contributed by atoms with van der Waals surface area (Å²) >= 11 is 0. The van der Waals surface area contributed by atoms with E-state index in [1.54, 1.807) is 25.1 Å². The number of fused-ring (bicyclic) bond motifs is 1. The Kier molecular flexibility index (Phi) is 3.12. The first kappa shape index (κ1) is 12.3. The second kappa shape index (κ2) is 4.58. The van der Waals surface area contributed by atoms with Crippen molar-refractivity contribution in [1.29, 1.82) is 0 Å². The Labute approximate surface area is 103 Å². The van der Waals surface area contributed by atoms with E-state index in [1.807, 2.05) is 6.07 Å². The predicted octanol–water partition coefficient (Wildman–Crippen LogP) is -0.482. The van der Waals surface area contributed by atoms with Crippen LogP contribution in [0, 0.1) is 6.92 Å². The Morgan fingerprint density at radius 3 is 2.78 bits per heavy atom. The number of hydrogen-bond donors (Lipinski definition) is 2. The molecule has 0 spiro atoms. The zero-order chi connectivity index (χ0) is 13.3. The summed E-state index contributed by atoms with van der Waals surface area (Å²) in [6.07, 6.45) is 0. The Bertz CT molecular complexity index is 663. The molecule has 1 heterocycles. The van der Waals surface area contributed by atoms with Crippen molar-refractivity contribution < 1.29 is 4.79 Å². The number of amides is 1. The lowest BCUT2D eigenvalue weighted by molar-refractivity contribution is -0.119. The summed E-state index contributed by atoms with van der Waals surface area (Å²) in [5.74, 6) is -0.638. The first-order valence-electron chi connectivity index (χ1n) is 5.52. The quantitative estimate of drug-likeness (QED) is 0.763. The SMILES string of the molecule is Cc1nc2ccccc2n(CC(N)C(N)=O)c1=O. The number of rotatable bonds is 3. The van der Waals surface area contributed by atoms with E-state index in [0.717, 1.165) is 0 Å². The van der Waals surface area contributed by atoms with Crippen LogP contribution in [0.2, 0.25) is 0 Å². The van der Waals surface area contributed by atoms with Crippen molar-refractivity contribution in [3.05, 3.63) is 40.3 Å². The van der Waals surface area contributed by atoms with Gasteiger partial charge in [0.2, 0.25) is 5.91 Å². The van der Waals surface area contributed by atoms with Gasteiger partial charge in [-0.25, -0.2) is 4.98 Å². The third-order valence-electron chi connectivity index (χ3n) is 2.76. The normalized spacial score (nSPS) is 12.6. The zero-order valence-corrected chi connectivity index (χ0v) is 9.96. The van der Waals surface area contributed by atoms with Crippen LogP contribution in [0.1, 0.15) is 5.69 Å². The van der Waals surface area contributed by atoms with Crippen LogP contribution in [-0.2, 0) is 11.3 Å². The van der Waals surface area contributed by atoms with E-state index in [9.17, 15) is 9.59 Å². The summed E-state index contributed by atoms with van der Waals surface area (Å²) in [5.41, 5.74) is 12.2. The number of hydrogen-bond acceptors (Lipinski definition) is 4. The third kappa shape index (κ3) is 2.10. The first-order valence-corrected chi connectivity index (χ1v) is 5.52. The molecule has 2 rings (SSSR count). The minimum Gasteiger partial charge on any atom is -0.368 e. The van der Waals surface area contributed by atoms with Crippen LogP contribution in [0.25, 0.3) is 11.0 Å². The maximum atomic E-state index is 12.0. The van der Waals surface area contributed by atoms with E-state index < -0.39 is 11.9 Å². The molecule has 1 atom stereocenters. The number of aryl methyl sites for hydroxylation is 1. The lowest BCUT2D eigenvalue weighted by Gasteiger charge is -2.13. The van der Waals surface area contributed by atoms with Crippen molar-refractivity contribution in [2.45, 2.75) is 19.5 Å². The summed E-state index contributed by atoms with van der Waals surface area (Å²) in [6.45, 7) is 1.68. The van der Waals surface area contributed by atoms with E-state index in [4.69, 9.17) is 11.5 Å². The van der Waals surface area contributed by atoms with Crippen molar-refractivity contribution >= 4 is 16.9 Å². The number of nitrogens with zero attached hydrogens (tertiary/aromatic N) is 2. The highest BCUT2D eigenvalue weighted by molar-refractivity contribution is 5.80. The standard InChI is InChI=1S/C12H14N4O2/c1-7-12(18)16(6-8(13)11(14)17)10-5-3-2-4-9(10)15-7/h2-5,8H,6,13H2,1H3,(H2,14,17). The van der Waals surface area contributed by atoms with Gasteiger partial charge in [-0.2, -0.15) is 0 Å². The maximum absolute atomic E-state index is 12.0. The van der Waals surface area contributed by atoms with E-state index in [0.29, 0.717) is 16.7 Å². The number of carbonyl (C=O) groups excluding carboxylic acids is 1. The van der Waals surface area contributed by atoms with Crippen LogP contribution in [0.5, 0.6) is 0 Å². The minimum absolute atomic E-state index is 0.0536. The highest BCUT2D eigenvalue weighted by Crippen LogP contribution is 2.09. The third-order valence-corrected chi connectivity index (χ3v) is 2.76. The summed E-state index contributed by atoms with van der Waals surface area (Å²) in [6, 6.07) is 6.29. The molecule has 6 heteroatoms. The molecule has 1 unspecified atom stereocenters. The van der Waals surface area contributed by atoms with Crippen LogP contribution in [0.15, 0.2) is 29.1 Å². The van der Waals surface area contributed by atoms with Crippen molar-refractivity contribution in [2.75, 3.05) is 0 Å². The van der Waals surface area contributed by atoms with Gasteiger partial charge >= 0.3 is 0 Å². The topological polar surface area (TPSA) is 104 Å². The fourth-order valence-corrected chi connectivity index (χ4v) is 1.79.